The Morgan fingerprint density at radius 1 is 0.750 bits per heavy atom. The molecule has 0 radical (unpaired) electrons. The van der Waals surface area contributed by atoms with Crippen molar-refractivity contribution in [3.8, 4) is 0 Å². The molecule has 0 aromatic carbocycles. The second kappa shape index (κ2) is 15.5. The minimum absolute atomic E-state index is 0. The van der Waals surface area contributed by atoms with Gasteiger partial charge in [-0.3, -0.25) is 0 Å². The first-order chi connectivity index (χ1) is 7.27. The maximum Gasteiger partial charge on any atom is 2.00 e. The summed E-state index contributed by atoms with van der Waals surface area (Å²) in [5.74, 6) is 0. The predicted molar refractivity (Wildman–Crippen MR) is 68.1 cm³/mol. The Hall–Kier alpha value is 0.479. The van der Waals surface area contributed by atoms with Crippen molar-refractivity contribution in [2.45, 2.75) is 90.6 Å². The average Bonchev–Trinajstić information content (AvgIpc) is 2.20. The van der Waals surface area contributed by atoms with Crippen LogP contribution in [0.3, 0.4) is 0 Å². The van der Waals surface area contributed by atoms with Gasteiger partial charge in [0.2, 0.25) is 0 Å². The molecular weight excluding hydrogens is 240 g/mol. The third-order valence-corrected chi connectivity index (χ3v) is 2.98. The van der Waals surface area contributed by atoms with Crippen LogP contribution in [-0.4, -0.2) is 11.2 Å². The third-order valence-electron chi connectivity index (χ3n) is 2.98. The molecule has 0 fully saturated rings. The maximum atomic E-state index is 9.08. The smallest absolute Gasteiger partial charge is 0.393 e. The molecule has 0 saturated heterocycles. The van der Waals surface area contributed by atoms with E-state index in [1.165, 1.54) is 64.2 Å². The van der Waals surface area contributed by atoms with Gasteiger partial charge in [-0.15, -0.1) is 0 Å². The minimum Gasteiger partial charge on any atom is -0.393 e. The second-order valence-corrected chi connectivity index (χ2v) is 4.82. The summed E-state index contributed by atoms with van der Waals surface area (Å²) in [7, 11) is 0. The Morgan fingerprint density at radius 3 is 1.50 bits per heavy atom. The number of hydrogen-bond donors (Lipinski definition) is 1. The van der Waals surface area contributed by atoms with Gasteiger partial charge in [0.05, 0.1) is 6.10 Å². The van der Waals surface area contributed by atoms with Gasteiger partial charge in [0.25, 0.3) is 0 Å². The molecule has 0 aromatic heterocycles. The molecule has 0 aliphatic carbocycles. The van der Waals surface area contributed by atoms with E-state index in [0.717, 1.165) is 6.42 Å². The quantitative estimate of drug-likeness (QED) is 0.427. The van der Waals surface area contributed by atoms with Crippen LogP contribution >= 0.6 is 0 Å². The van der Waals surface area contributed by atoms with E-state index in [1.54, 1.807) is 0 Å². The summed E-state index contributed by atoms with van der Waals surface area (Å²) in [5.41, 5.74) is 0. The fraction of sp³-hybridized carbons (Fsp3) is 1.00. The monoisotopic (exact) mass is 270 g/mol. The first-order valence-electron chi connectivity index (χ1n) is 6.95. The molecule has 1 N–H and O–H groups in total. The van der Waals surface area contributed by atoms with Gasteiger partial charge in [-0.25, -0.2) is 0 Å². The van der Waals surface area contributed by atoms with Gasteiger partial charge in [0.1, 0.15) is 0 Å². The van der Waals surface area contributed by atoms with Crippen molar-refractivity contribution in [2.75, 3.05) is 0 Å². The molecule has 0 bridgehead atoms. The Kier molecular flexibility index (Phi) is 18.2. The van der Waals surface area contributed by atoms with E-state index in [4.69, 9.17) is 5.11 Å². The topological polar surface area (TPSA) is 20.2 Å². The summed E-state index contributed by atoms with van der Waals surface area (Å²) in [6.45, 7) is 4.15. The van der Waals surface area contributed by atoms with E-state index in [0.29, 0.717) is 0 Å². The second-order valence-electron chi connectivity index (χ2n) is 4.82. The third kappa shape index (κ3) is 16.9. The molecule has 1 atom stereocenters. The SMILES string of the molecule is CCCCCCCCCCCCC(C)O.[Fe+2]. The van der Waals surface area contributed by atoms with Crippen molar-refractivity contribution >= 4 is 0 Å². The van der Waals surface area contributed by atoms with Crippen LogP contribution in [0.4, 0.5) is 0 Å². The van der Waals surface area contributed by atoms with Crippen LogP contribution in [0.15, 0.2) is 0 Å². The molecule has 0 heterocycles. The Morgan fingerprint density at radius 2 is 1.12 bits per heavy atom. The number of unbranched alkanes of at least 4 members (excludes halogenated alkanes) is 9. The van der Waals surface area contributed by atoms with E-state index in [9.17, 15) is 0 Å². The first kappa shape index (κ1) is 18.8. The molecule has 2 heteroatoms. The molecule has 0 spiro atoms. The molecular formula is C14H30FeO+2. The molecule has 0 rings (SSSR count). The maximum absolute atomic E-state index is 9.08. The van der Waals surface area contributed by atoms with Crippen molar-refractivity contribution in [3.63, 3.8) is 0 Å². The van der Waals surface area contributed by atoms with E-state index in [1.807, 2.05) is 6.92 Å². The zero-order valence-corrected chi connectivity index (χ0v) is 12.3. The Bertz CT molecular complexity index is 115. The van der Waals surface area contributed by atoms with Gasteiger partial charge in [0.15, 0.2) is 0 Å². The van der Waals surface area contributed by atoms with Gasteiger partial charge >= 0.3 is 17.1 Å². The summed E-state index contributed by atoms with van der Waals surface area (Å²) in [5, 5.41) is 9.08. The van der Waals surface area contributed by atoms with Crippen LogP contribution in [0.2, 0.25) is 0 Å². The summed E-state index contributed by atoms with van der Waals surface area (Å²) >= 11 is 0. The van der Waals surface area contributed by atoms with E-state index >= 15 is 0 Å². The van der Waals surface area contributed by atoms with Crippen LogP contribution in [0.25, 0.3) is 0 Å². The van der Waals surface area contributed by atoms with Crippen LogP contribution < -0.4 is 0 Å². The zero-order valence-electron chi connectivity index (χ0n) is 11.2. The van der Waals surface area contributed by atoms with Crippen LogP contribution in [0.5, 0.6) is 0 Å². The van der Waals surface area contributed by atoms with Gasteiger partial charge in [-0.2, -0.15) is 0 Å². The number of rotatable bonds is 11. The standard InChI is InChI=1S/C14H30O.Fe/c1-3-4-5-6-7-8-9-10-11-12-13-14(2)15;/h14-15H,3-13H2,1-2H3;/q;+2. The van der Waals surface area contributed by atoms with Crippen molar-refractivity contribution in [1.82, 2.24) is 0 Å². The summed E-state index contributed by atoms with van der Waals surface area (Å²) < 4.78 is 0. The number of aliphatic hydroxyl groups excluding tert-OH is 1. The fourth-order valence-corrected chi connectivity index (χ4v) is 1.93. The van der Waals surface area contributed by atoms with Crippen molar-refractivity contribution in [3.05, 3.63) is 0 Å². The minimum atomic E-state index is -0.0981. The first-order valence-corrected chi connectivity index (χ1v) is 6.95. The van der Waals surface area contributed by atoms with E-state index in [2.05, 4.69) is 6.92 Å². The molecule has 0 aliphatic rings. The van der Waals surface area contributed by atoms with Crippen molar-refractivity contribution < 1.29 is 22.2 Å². The van der Waals surface area contributed by atoms with Crippen LogP contribution in [0.1, 0.15) is 84.5 Å². The molecule has 0 amide bonds. The molecule has 0 aromatic rings. The number of aliphatic hydroxyl groups is 1. The molecule has 98 valence electrons. The zero-order chi connectivity index (χ0) is 11.4. The molecule has 0 aliphatic heterocycles. The number of hydrogen-bond acceptors (Lipinski definition) is 1. The van der Waals surface area contributed by atoms with E-state index in [-0.39, 0.29) is 23.2 Å². The molecule has 1 unspecified atom stereocenters. The van der Waals surface area contributed by atoms with Gasteiger partial charge in [-0.05, 0) is 13.3 Å². The fourth-order valence-electron chi connectivity index (χ4n) is 1.93. The van der Waals surface area contributed by atoms with E-state index < -0.39 is 0 Å². The summed E-state index contributed by atoms with van der Waals surface area (Å²) in [6, 6.07) is 0. The average molecular weight is 270 g/mol. The van der Waals surface area contributed by atoms with Crippen molar-refractivity contribution in [1.29, 1.82) is 0 Å². The predicted octanol–water partition coefficient (Wildman–Crippen LogP) is 4.68. The van der Waals surface area contributed by atoms with Crippen molar-refractivity contribution in [2.24, 2.45) is 0 Å². The Labute approximate surface area is 113 Å². The summed E-state index contributed by atoms with van der Waals surface area (Å²) in [4.78, 5) is 0. The van der Waals surface area contributed by atoms with Crippen LogP contribution in [0, 0.1) is 0 Å². The van der Waals surface area contributed by atoms with Gasteiger partial charge in [0, 0.05) is 0 Å². The largest absolute Gasteiger partial charge is 2.00 e. The van der Waals surface area contributed by atoms with Crippen LogP contribution in [-0.2, 0) is 17.1 Å². The summed E-state index contributed by atoms with van der Waals surface area (Å²) in [6.07, 6.45) is 14.6. The molecule has 0 saturated carbocycles. The normalized spacial score (nSPS) is 12.2. The molecule has 1 nitrogen and oxygen atoms in total. The Balaban J connectivity index is 0. The van der Waals surface area contributed by atoms with Gasteiger partial charge in [-0.1, -0.05) is 71.1 Å². The molecule has 16 heavy (non-hydrogen) atoms. The van der Waals surface area contributed by atoms with Gasteiger partial charge < -0.3 is 5.11 Å².